The van der Waals surface area contributed by atoms with Gasteiger partial charge in [0.1, 0.15) is 17.3 Å². The minimum Gasteiger partial charge on any atom is -0.497 e. The monoisotopic (exact) mass is 426 g/mol. The van der Waals surface area contributed by atoms with Gasteiger partial charge in [0.2, 0.25) is 5.76 Å². The molecule has 0 saturated carbocycles. The molecule has 9 heteroatoms. The van der Waals surface area contributed by atoms with Crippen LogP contribution in [0.25, 0.3) is 0 Å². The van der Waals surface area contributed by atoms with Crippen molar-refractivity contribution in [2.75, 3.05) is 19.5 Å². The number of nitrogens with one attached hydrogen (secondary N) is 1. The molecule has 0 radical (unpaired) electrons. The molecular weight excluding hydrogens is 404 g/mol. The standard InChI is InChI=1S/C22H22N2O7/c1-14(21(26)23-17-12-15(28-2)7-9-18(17)29-3)30-22(27)19-10-8-16(31-19)13-24-11-5-4-6-20(24)25/h4-12,14H,13H2,1-3H3,(H,23,26)/t14-/m1/s1. The summed E-state index contributed by atoms with van der Waals surface area (Å²) in [5.74, 6) is -0.0635. The number of hydrogen-bond donors (Lipinski definition) is 1. The molecule has 1 amide bonds. The van der Waals surface area contributed by atoms with Crippen molar-refractivity contribution in [2.24, 2.45) is 0 Å². The number of ether oxygens (including phenoxy) is 3. The highest BCUT2D eigenvalue weighted by Crippen LogP contribution is 2.29. The average molecular weight is 426 g/mol. The second-order valence-corrected chi connectivity index (χ2v) is 6.54. The van der Waals surface area contributed by atoms with Crippen LogP contribution in [0.5, 0.6) is 11.5 Å². The van der Waals surface area contributed by atoms with E-state index < -0.39 is 18.0 Å². The van der Waals surface area contributed by atoms with Crippen molar-refractivity contribution in [1.82, 2.24) is 4.57 Å². The average Bonchev–Trinajstić information content (AvgIpc) is 3.24. The first-order valence-corrected chi connectivity index (χ1v) is 9.39. The molecule has 2 aromatic heterocycles. The number of benzene rings is 1. The molecule has 0 unspecified atom stereocenters. The predicted molar refractivity (Wildman–Crippen MR) is 112 cm³/mol. The van der Waals surface area contributed by atoms with Crippen LogP contribution in [0.4, 0.5) is 5.69 Å². The molecule has 0 aliphatic heterocycles. The molecule has 31 heavy (non-hydrogen) atoms. The molecule has 0 aliphatic rings. The number of nitrogens with zero attached hydrogens (tertiary/aromatic N) is 1. The lowest BCUT2D eigenvalue weighted by atomic mass is 10.2. The van der Waals surface area contributed by atoms with E-state index in [9.17, 15) is 14.4 Å². The smallest absolute Gasteiger partial charge is 0.375 e. The Morgan fingerprint density at radius 2 is 1.90 bits per heavy atom. The normalized spacial score (nSPS) is 11.5. The summed E-state index contributed by atoms with van der Waals surface area (Å²) in [5.41, 5.74) is 0.185. The number of pyridine rings is 1. The van der Waals surface area contributed by atoms with Crippen molar-refractivity contribution in [3.8, 4) is 11.5 Å². The maximum Gasteiger partial charge on any atom is 0.375 e. The molecule has 1 atom stereocenters. The molecule has 0 bridgehead atoms. The van der Waals surface area contributed by atoms with Crippen molar-refractivity contribution in [1.29, 1.82) is 0 Å². The number of methoxy groups -OCH3 is 2. The minimum atomic E-state index is -1.10. The van der Waals surface area contributed by atoms with Gasteiger partial charge in [0.25, 0.3) is 11.5 Å². The number of carbonyl (C=O) groups is 2. The molecule has 0 aliphatic carbocycles. The molecule has 162 valence electrons. The van der Waals surface area contributed by atoms with Crippen molar-refractivity contribution in [3.63, 3.8) is 0 Å². The van der Waals surface area contributed by atoms with E-state index in [4.69, 9.17) is 18.6 Å². The van der Waals surface area contributed by atoms with Crippen LogP contribution >= 0.6 is 0 Å². The first kappa shape index (κ1) is 21.7. The van der Waals surface area contributed by atoms with Crippen molar-refractivity contribution < 1.29 is 28.2 Å². The number of furan rings is 1. The first-order chi connectivity index (χ1) is 14.9. The zero-order chi connectivity index (χ0) is 22.4. The summed E-state index contributed by atoms with van der Waals surface area (Å²) in [6, 6.07) is 12.7. The quantitative estimate of drug-likeness (QED) is 0.552. The summed E-state index contributed by atoms with van der Waals surface area (Å²) in [7, 11) is 2.97. The van der Waals surface area contributed by atoms with Crippen LogP contribution in [0, 0.1) is 0 Å². The Balaban J connectivity index is 1.63. The highest BCUT2D eigenvalue weighted by molar-refractivity contribution is 5.97. The third-order valence-electron chi connectivity index (χ3n) is 4.41. The highest BCUT2D eigenvalue weighted by Gasteiger charge is 2.22. The van der Waals surface area contributed by atoms with E-state index in [2.05, 4.69) is 5.32 Å². The lowest BCUT2D eigenvalue weighted by molar-refractivity contribution is -0.123. The van der Waals surface area contributed by atoms with Gasteiger partial charge in [-0.15, -0.1) is 0 Å². The Kier molecular flexibility index (Phi) is 6.76. The molecule has 1 aromatic carbocycles. The molecule has 3 rings (SSSR count). The van der Waals surface area contributed by atoms with Gasteiger partial charge in [-0.2, -0.15) is 0 Å². The van der Waals surface area contributed by atoms with Crippen LogP contribution in [0.2, 0.25) is 0 Å². The largest absolute Gasteiger partial charge is 0.497 e. The molecular formula is C22H22N2O7. The molecule has 0 fully saturated rings. The molecule has 9 nitrogen and oxygen atoms in total. The lowest BCUT2D eigenvalue weighted by Crippen LogP contribution is -2.30. The van der Waals surface area contributed by atoms with Crippen LogP contribution in [0.15, 0.2) is 63.9 Å². The molecule has 0 saturated heterocycles. The van der Waals surface area contributed by atoms with Gasteiger partial charge >= 0.3 is 5.97 Å². The van der Waals surface area contributed by atoms with Gasteiger partial charge in [0.05, 0.1) is 26.5 Å². The number of hydrogen-bond acceptors (Lipinski definition) is 7. The summed E-state index contributed by atoms with van der Waals surface area (Å²) in [6.07, 6.45) is 0.510. The van der Waals surface area contributed by atoms with Crippen molar-refractivity contribution in [2.45, 2.75) is 19.6 Å². The van der Waals surface area contributed by atoms with E-state index in [-0.39, 0.29) is 17.9 Å². The third-order valence-corrected chi connectivity index (χ3v) is 4.41. The van der Waals surface area contributed by atoms with E-state index in [1.807, 2.05) is 0 Å². The van der Waals surface area contributed by atoms with E-state index >= 15 is 0 Å². The van der Waals surface area contributed by atoms with E-state index in [1.54, 1.807) is 42.6 Å². The van der Waals surface area contributed by atoms with Crippen LogP contribution < -0.4 is 20.3 Å². The Morgan fingerprint density at radius 1 is 1.10 bits per heavy atom. The van der Waals surface area contributed by atoms with Crippen LogP contribution in [-0.4, -0.2) is 36.8 Å². The highest BCUT2D eigenvalue weighted by atomic mass is 16.6. The zero-order valence-corrected chi connectivity index (χ0v) is 17.3. The van der Waals surface area contributed by atoms with E-state index in [0.717, 1.165) is 0 Å². The number of amides is 1. The second-order valence-electron chi connectivity index (χ2n) is 6.54. The number of rotatable bonds is 8. The van der Waals surface area contributed by atoms with Crippen molar-refractivity contribution in [3.05, 3.63) is 76.6 Å². The minimum absolute atomic E-state index is 0.0717. The fourth-order valence-corrected chi connectivity index (χ4v) is 2.75. The van der Waals surface area contributed by atoms with Crippen LogP contribution in [0.1, 0.15) is 23.2 Å². The summed E-state index contributed by atoms with van der Waals surface area (Å²) in [6.45, 7) is 1.60. The summed E-state index contributed by atoms with van der Waals surface area (Å²) >= 11 is 0. The van der Waals surface area contributed by atoms with Gasteiger partial charge in [0.15, 0.2) is 6.10 Å². The topological polar surface area (TPSA) is 109 Å². The number of aromatic nitrogens is 1. The SMILES string of the molecule is COc1ccc(OC)c(NC(=O)[C@@H](C)OC(=O)c2ccc(Cn3ccccc3=O)o2)c1. The maximum absolute atomic E-state index is 12.5. The molecule has 0 spiro atoms. The van der Waals surface area contributed by atoms with Crippen LogP contribution in [-0.2, 0) is 16.1 Å². The van der Waals surface area contributed by atoms with Gasteiger partial charge in [-0.1, -0.05) is 6.07 Å². The predicted octanol–water partition coefficient (Wildman–Crippen LogP) is 2.69. The van der Waals surface area contributed by atoms with Gasteiger partial charge in [-0.05, 0) is 37.3 Å². The third kappa shape index (κ3) is 5.33. The van der Waals surface area contributed by atoms with Crippen molar-refractivity contribution >= 4 is 17.6 Å². The van der Waals surface area contributed by atoms with E-state index in [1.165, 1.54) is 37.8 Å². The summed E-state index contributed by atoms with van der Waals surface area (Å²) in [5, 5.41) is 2.65. The molecule has 3 aromatic rings. The lowest BCUT2D eigenvalue weighted by Gasteiger charge is -2.15. The van der Waals surface area contributed by atoms with Gasteiger partial charge in [0, 0.05) is 18.3 Å². The molecule has 2 heterocycles. The Labute approximate surface area is 178 Å². The number of carbonyl (C=O) groups excluding carboxylic acids is 2. The van der Waals surface area contributed by atoms with Crippen LogP contribution in [0.3, 0.4) is 0 Å². The second kappa shape index (κ2) is 9.66. The molecule has 1 N–H and O–H groups in total. The summed E-state index contributed by atoms with van der Waals surface area (Å²) < 4.78 is 22.5. The maximum atomic E-state index is 12.5. The summed E-state index contributed by atoms with van der Waals surface area (Å²) in [4.78, 5) is 36.6. The fraction of sp³-hybridized carbons (Fsp3) is 0.227. The number of anilines is 1. The zero-order valence-electron chi connectivity index (χ0n) is 17.3. The Hall–Kier alpha value is -4.01. The van der Waals surface area contributed by atoms with E-state index in [0.29, 0.717) is 22.9 Å². The van der Waals surface area contributed by atoms with Gasteiger partial charge in [-0.25, -0.2) is 4.79 Å². The Morgan fingerprint density at radius 3 is 2.61 bits per heavy atom. The fourth-order valence-electron chi connectivity index (χ4n) is 2.75. The first-order valence-electron chi connectivity index (χ1n) is 9.39. The van der Waals surface area contributed by atoms with Gasteiger partial charge < -0.3 is 28.5 Å². The Bertz CT molecular complexity index is 1130. The number of esters is 1. The van der Waals surface area contributed by atoms with Gasteiger partial charge in [-0.3, -0.25) is 9.59 Å².